The minimum Gasteiger partial charge on any atom is -0.285 e. The van der Waals surface area contributed by atoms with Crippen molar-refractivity contribution in [1.82, 2.24) is 0 Å². The quantitative estimate of drug-likeness (QED) is 0.712. The lowest BCUT2D eigenvalue weighted by atomic mass is 10.2. The molecule has 0 aromatic heterocycles. The Morgan fingerprint density at radius 2 is 0.737 bits per heavy atom. The van der Waals surface area contributed by atoms with Gasteiger partial charge in [-0.05, 0) is 0 Å². The van der Waals surface area contributed by atoms with Gasteiger partial charge < -0.3 is 0 Å². The summed E-state index contributed by atoms with van der Waals surface area (Å²) >= 11 is 0. The molecule has 0 rings (SSSR count). The summed E-state index contributed by atoms with van der Waals surface area (Å²) < 4.78 is 145. The van der Waals surface area contributed by atoms with Crippen LogP contribution in [0.3, 0.4) is 0 Å². The van der Waals surface area contributed by atoms with Crippen molar-refractivity contribution in [3.63, 3.8) is 0 Å². The van der Waals surface area contributed by atoms with E-state index in [1.54, 1.807) is 4.74 Å². The fourth-order valence-electron chi connectivity index (χ4n) is 0.668. The summed E-state index contributed by atoms with van der Waals surface area (Å²) in [6.07, 6.45) is -24.5. The van der Waals surface area contributed by atoms with Crippen molar-refractivity contribution in [1.29, 1.82) is 0 Å². The first-order chi connectivity index (χ1) is 8.09. The Hall–Kier alpha value is -0.880. The fourth-order valence-corrected chi connectivity index (χ4v) is 0.668. The highest BCUT2D eigenvalue weighted by Crippen LogP contribution is 2.49. The zero-order valence-electron chi connectivity index (χ0n) is 8.10. The van der Waals surface area contributed by atoms with Crippen molar-refractivity contribution in [3.8, 4) is 0 Å². The van der Waals surface area contributed by atoms with Gasteiger partial charge in [0.1, 0.15) is 0 Å². The van der Waals surface area contributed by atoms with E-state index in [2.05, 4.69) is 0 Å². The predicted octanol–water partition coefficient (Wildman–Crippen LogP) is 3.99. The van der Waals surface area contributed by atoms with Crippen molar-refractivity contribution < 1.29 is 57.4 Å². The second-order valence-corrected chi connectivity index (χ2v) is 2.99. The molecule has 0 saturated carbocycles. The molecule has 116 valence electrons. The lowest BCUT2D eigenvalue weighted by Gasteiger charge is -2.35. The smallest absolute Gasteiger partial charge is 0.285 e. The molecule has 0 aliphatic heterocycles. The van der Waals surface area contributed by atoms with Gasteiger partial charge in [0.25, 0.3) is 0 Å². The van der Waals surface area contributed by atoms with E-state index in [0.717, 1.165) is 0 Å². The Labute approximate surface area is 95.7 Å². The van der Waals surface area contributed by atoms with Crippen molar-refractivity contribution >= 4 is 0 Å². The van der Waals surface area contributed by atoms with Gasteiger partial charge in [0.15, 0.2) is 0 Å². The van der Waals surface area contributed by atoms with E-state index in [9.17, 15) is 52.7 Å². The van der Waals surface area contributed by atoms with Crippen LogP contribution >= 0.6 is 0 Å². The molecule has 0 spiro atoms. The first kappa shape index (κ1) is 18.1. The number of ether oxygens (including phenoxy) is 1. The van der Waals surface area contributed by atoms with Gasteiger partial charge in [-0.25, -0.2) is 17.6 Å². The number of rotatable bonds is 4. The summed E-state index contributed by atoms with van der Waals surface area (Å²) in [7, 11) is 0. The molecule has 2 unspecified atom stereocenters. The monoisotopic (exact) mass is 318 g/mol. The van der Waals surface area contributed by atoms with Crippen LogP contribution in [0.15, 0.2) is 0 Å². The second-order valence-electron chi connectivity index (χ2n) is 2.99. The Balaban J connectivity index is 5.69. The Bertz CT molecular complexity index is 276. The maximum absolute atomic E-state index is 12.6. The minimum atomic E-state index is -6.88. The molecular formula is C6H2F12O. The van der Waals surface area contributed by atoms with E-state index in [4.69, 9.17) is 0 Å². The molecular weight excluding hydrogens is 316 g/mol. The van der Waals surface area contributed by atoms with E-state index in [1.165, 1.54) is 0 Å². The third-order valence-corrected chi connectivity index (χ3v) is 1.63. The molecule has 0 saturated heterocycles. The largest absolute Gasteiger partial charge is 0.454 e. The van der Waals surface area contributed by atoms with Gasteiger partial charge in [-0.2, -0.15) is 35.1 Å². The molecule has 0 bridgehead atoms. The molecule has 0 aromatic carbocycles. The third kappa shape index (κ3) is 3.17. The summed E-state index contributed by atoms with van der Waals surface area (Å²) in [6, 6.07) is 0. The predicted molar refractivity (Wildman–Crippen MR) is 32.9 cm³/mol. The molecule has 0 radical (unpaired) electrons. The summed E-state index contributed by atoms with van der Waals surface area (Å²) in [4.78, 5) is 0. The van der Waals surface area contributed by atoms with Crippen LogP contribution in [0.4, 0.5) is 52.7 Å². The van der Waals surface area contributed by atoms with Crippen LogP contribution in [-0.2, 0) is 4.74 Å². The highest BCUT2D eigenvalue weighted by molar-refractivity contribution is 4.89. The van der Waals surface area contributed by atoms with Crippen LogP contribution in [-0.4, -0.2) is 36.9 Å². The van der Waals surface area contributed by atoms with Gasteiger partial charge in [0.2, 0.25) is 0 Å². The van der Waals surface area contributed by atoms with Gasteiger partial charge in [-0.3, -0.25) is 4.74 Å². The minimum absolute atomic E-state index is 1.79. The van der Waals surface area contributed by atoms with Gasteiger partial charge >= 0.3 is 36.9 Å². The number of hydrogen-bond donors (Lipinski definition) is 0. The van der Waals surface area contributed by atoms with Crippen LogP contribution < -0.4 is 0 Å². The summed E-state index contributed by atoms with van der Waals surface area (Å²) in [5, 5.41) is 0. The Kier molecular flexibility index (Phi) is 4.68. The molecule has 0 aliphatic carbocycles. The number of halogens is 12. The lowest BCUT2D eigenvalue weighted by molar-refractivity contribution is -0.470. The van der Waals surface area contributed by atoms with E-state index >= 15 is 0 Å². The van der Waals surface area contributed by atoms with Crippen molar-refractivity contribution in [2.75, 3.05) is 0 Å². The van der Waals surface area contributed by atoms with E-state index in [1.807, 2.05) is 0 Å². The average Bonchev–Trinajstić information content (AvgIpc) is 2.12. The van der Waals surface area contributed by atoms with Gasteiger partial charge in [0.05, 0.1) is 0 Å². The zero-order valence-corrected chi connectivity index (χ0v) is 8.10. The van der Waals surface area contributed by atoms with Gasteiger partial charge in [-0.1, -0.05) is 0 Å². The molecule has 13 heteroatoms. The average molecular weight is 318 g/mol. The normalized spacial score (nSPS) is 20.5. The van der Waals surface area contributed by atoms with Crippen LogP contribution in [0, 0.1) is 0 Å². The summed E-state index contributed by atoms with van der Waals surface area (Å²) in [6.45, 7) is 0. The lowest BCUT2D eigenvalue weighted by Crippen LogP contribution is -2.61. The molecule has 2 atom stereocenters. The molecule has 0 amide bonds. The SMILES string of the molecule is FC(F)C(F)(OC(F)(C(F)F)C(F)(F)F)C(F)(F)F. The highest BCUT2D eigenvalue weighted by atomic mass is 19.4. The van der Waals surface area contributed by atoms with Crippen molar-refractivity contribution in [2.24, 2.45) is 0 Å². The standard InChI is InChI=1S/C6H2F12O/c7-1(8)3(11,5(13,14)15)19-4(12,2(9)10)6(16,17)18/h1-2H. The van der Waals surface area contributed by atoms with Crippen molar-refractivity contribution in [2.45, 2.75) is 36.9 Å². The maximum Gasteiger partial charge on any atom is 0.454 e. The van der Waals surface area contributed by atoms with Crippen molar-refractivity contribution in [3.05, 3.63) is 0 Å². The topological polar surface area (TPSA) is 9.23 Å². The molecule has 0 heterocycles. The first-order valence-corrected chi connectivity index (χ1v) is 3.87. The van der Waals surface area contributed by atoms with E-state index < -0.39 is 36.9 Å². The Morgan fingerprint density at radius 1 is 0.526 bits per heavy atom. The first-order valence-electron chi connectivity index (χ1n) is 3.87. The summed E-state index contributed by atoms with van der Waals surface area (Å²) in [5.41, 5.74) is 0. The van der Waals surface area contributed by atoms with E-state index in [0.29, 0.717) is 0 Å². The van der Waals surface area contributed by atoms with Gasteiger partial charge in [0, 0.05) is 0 Å². The number of alkyl halides is 12. The Morgan fingerprint density at radius 3 is 0.842 bits per heavy atom. The maximum atomic E-state index is 12.6. The molecule has 0 fully saturated rings. The zero-order chi connectivity index (χ0) is 15.9. The summed E-state index contributed by atoms with van der Waals surface area (Å²) in [5.74, 6) is -13.1. The molecule has 0 aromatic rings. The third-order valence-electron chi connectivity index (χ3n) is 1.63. The molecule has 19 heavy (non-hydrogen) atoms. The van der Waals surface area contributed by atoms with E-state index in [-0.39, 0.29) is 0 Å². The van der Waals surface area contributed by atoms with Gasteiger partial charge in [-0.15, -0.1) is 0 Å². The van der Waals surface area contributed by atoms with Crippen LogP contribution in [0.1, 0.15) is 0 Å². The molecule has 0 aliphatic rings. The van der Waals surface area contributed by atoms with Crippen LogP contribution in [0.2, 0.25) is 0 Å². The molecule has 0 N–H and O–H groups in total. The van der Waals surface area contributed by atoms with Crippen LogP contribution in [0.5, 0.6) is 0 Å². The number of hydrogen-bond acceptors (Lipinski definition) is 1. The highest BCUT2D eigenvalue weighted by Gasteiger charge is 2.75. The van der Waals surface area contributed by atoms with Crippen LogP contribution in [0.25, 0.3) is 0 Å². The molecule has 1 nitrogen and oxygen atoms in total. The fraction of sp³-hybridized carbons (Fsp3) is 1.00. The second kappa shape index (κ2) is 4.90.